The average Bonchev–Trinajstić information content (AvgIpc) is 2.35. The van der Waals surface area contributed by atoms with Crippen LogP contribution >= 0.6 is 0 Å². The van der Waals surface area contributed by atoms with E-state index in [0.717, 1.165) is 25.1 Å². The number of hydrogen-bond donors (Lipinski definition) is 1. The van der Waals surface area contributed by atoms with Gasteiger partial charge in [0.25, 0.3) is 0 Å². The van der Waals surface area contributed by atoms with Crippen LogP contribution in [-0.4, -0.2) is 50.1 Å². The summed E-state index contributed by atoms with van der Waals surface area (Å²) in [6.45, 7) is 2.35. The van der Waals surface area contributed by atoms with E-state index in [-0.39, 0.29) is 6.03 Å². The topological polar surface area (TPSA) is 35.6 Å². The zero-order chi connectivity index (χ0) is 13.4. The number of nitrogens with zero attached hydrogens (tertiary/aromatic N) is 2. The van der Waals surface area contributed by atoms with Crippen molar-refractivity contribution in [2.24, 2.45) is 0 Å². The van der Waals surface area contributed by atoms with Gasteiger partial charge in [-0.3, -0.25) is 0 Å². The van der Waals surface area contributed by atoms with Crippen molar-refractivity contribution in [1.29, 1.82) is 0 Å². The summed E-state index contributed by atoms with van der Waals surface area (Å²) >= 11 is 0. The van der Waals surface area contributed by atoms with Crippen LogP contribution in [0.4, 0.5) is 4.79 Å². The monoisotopic (exact) mass is 249 g/mol. The first-order valence-corrected chi connectivity index (χ1v) is 6.27. The molecule has 0 aliphatic rings. The fraction of sp³-hybridized carbons (Fsp3) is 0.500. The Morgan fingerprint density at radius 2 is 1.83 bits per heavy atom. The molecule has 100 valence electrons. The normalized spacial score (nSPS) is 10.4. The van der Waals surface area contributed by atoms with Gasteiger partial charge in [0.2, 0.25) is 0 Å². The molecule has 0 unspecified atom stereocenters. The maximum Gasteiger partial charge on any atom is 0.317 e. The molecule has 0 aliphatic heterocycles. The summed E-state index contributed by atoms with van der Waals surface area (Å²) in [6, 6.07) is 9.98. The molecule has 0 spiro atoms. The van der Waals surface area contributed by atoms with E-state index in [9.17, 15) is 4.79 Å². The first-order chi connectivity index (χ1) is 8.59. The number of carbonyl (C=O) groups excluding carboxylic acids is 1. The lowest BCUT2D eigenvalue weighted by Crippen LogP contribution is -2.37. The van der Waals surface area contributed by atoms with Gasteiger partial charge >= 0.3 is 6.03 Å². The number of benzene rings is 1. The molecule has 0 saturated heterocycles. The largest absolute Gasteiger partial charge is 0.338 e. The number of urea groups is 1. The number of carbonyl (C=O) groups is 1. The summed E-state index contributed by atoms with van der Waals surface area (Å²) < 4.78 is 0. The van der Waals surface area contributed by atoms with Crippen LogP contribution in [0.25, 0.3) is 0 Å². The number of nitrogens with one attached hydrogen (secondary N) is 1. The molecule has 0 aromatic heterocycles. The smallest absolute Gasteiger partial charge is 0.317 e. The van der Waals surface area contributed by atoms with E-state index in [4.69, 9.17) is 0 Å². The lowest BCUT2D eigenvalue weighted by atomic mass is 10.2. The number of rotatable bonds is 6. The second-order valence-corrected chi connectivity index (χ2v) is 4.73. The Morgan fingerprint density at radius 1 is 1.17 bits per heavy atom. The van der Waals surface area contributed by atoms with E-state index in [1.165, 1.54) is 0 Å². The maximum absolute atomic E-state index is 11.8. The van der Waals surface area contributed by atoms with Crippen LogP contribution in [0.2, 0.25) is 0 Å². The van der Waals surface area contributed by atoms with Crippen molar-refractivity contribution in [3.8, 4) is 0 Å². The molecular formula is C14H23N3O. The molecular weight excluding hydrogens is 226 g/mol. The highest BCUT2D eigenvalue weighted by atomic mass is 16.2. The highest BCUT2D eigenvalue weighted by Gasteiger charge is 2.07. The molecule has 18 heavy (non-hydrogen) atoms. The first kappa shape index (κ1) is 14.5. The fourth-order valence-electron chi connectivity index (χ4n) is 1.65. The Morgan fingerprint density at radius 3 is 2.44 bits per heavy atom. The minimum Gasteiger partial charge on any atom is -0.338 e. The molecule has 0 atom stereocenters. The van der Waals surface area contributed by atoms with Gasteiger partial charge in [-0.15, -0.1) is 0 Å². The molecule has 0 saturated carbocycles. The van der Waals surface area contributed by atoms with Crippen LogP contribution in [0.5, 0.6) is 0 Å². The van der Waals surface area contributed by atoms with Gasteiger partial charge in [-0.2, -0.15) is 0 Å². The summed E-state index contributed by atoms with van der Waals surface area (Å²) in [5.74, 6) is 0. The van der Waals surface area contributed by atoms with Crippen LogP contribution in [0.3, 0.4) is 0 Å². The predicted octanol–water partition coefficient (Wildman–Crippen LogP) is 1.78. The summed E-state index contributed by atoms with van der Waals surface area (Å²) in [5.41, 5.74) is 1.14. The third-order valence-corrected chi connectivity index (χ3v) is 2.67. The second-order valence-electron chi connectivity index (χ2n) is 4.73. The summed E-state index contributed by atoms with van der Waals surface area (Å²) in [4.78, 5) is 15.6. The van der Waals surface area contributed by atoms with E-state index < -0.39 is 0 Å². The lowest BCUT2D eigenvalue weighted by molar-refractivity contribution is 0.206. The van der Waals surface area contributed by atoms with Crippen molar-refractivity contribution in [2.45, 2.75) is 13.0 Å². The molecule has 0 fully saturated rings. The minimum absolute atomic E-state index is 0.0161. The highest BCUT2D eigenvalue weighted by Crippen LogP contribution is 2.02. The van der Waals surface area contributed by atoms with Gasteiger partial charge < -0.3 is 15.1 Å². The third kappa shape index (κ3) is 5.68. The summed E-state index contributed by atoms with van der Waals surface area (Å²) in [5, 5.41) is 2.92. The second kappa shape index (κ2) is 7.71. The predicted molar refractivity (Wildman–Crippen MR) is 74.5 cm³/mol. The van der Waals surface area contributed by atoms with Crippen molar-refractivity contribution < 1.29 is 4.79 Å². The third-order valence-electron chi connectivity index (χ3n) is 2.67. The van der Waals surface area contributed by atoms with E-state index in [1.54, 1.807) is 4.90 Å². The van der Waals surface area contributed by atoms with Gasteiger partial charge in [0.1, 0.15) is 0 Å². The molecule has 1 rings (SSSR count). The SMILES string of the molecule is CN(C)CCCNC(=O)N(C)Cc1ccccc1. The number of amides is 2. The zero-order valence-electron chi connectivity index (χ0n) is 11.5. The Bertz CT molecular complexity index is 351. The quantitative estimate of drug-likeness (QED) is 0.780. The van der Waals surface area contributed by atoms with Crippen LogP contribution in [-0.2, 0) is 6.54 Å². The Balaban J connectivity index is 2.25. The Labute approximate surface area is 110 Å². The Hall–Kier alpha value is -1.55. The Kier molecular flexibility index (Phi) is 6.22. The van der Waals surface area contributed by atoms with E-state index in [0.29, 0.717) is 6.54 Å². The van der Waals surface area contributed by atoms with E-state index >= 15 is 0 Å². The van der Waals surface area contributed by atoms with Crippen molar-refractivity contribution in [3.63, 3.8) is 0 Å². The van der Waals surface area contributed by atoms with Gasteiger partial charge in [0.05, 0.1) is 0 Å². The van der Waals surface area contributed by atoms with Gasteiger partial charge in [-0.05, 0) is 32.6 Å². The van der Waals surface area contributed by atoms with Crippen molar-refractivity contribution >= 4 is 6.03 Å². The summed E-state index contributed by atoms with van der Waals surface area (Å²) in [6.07, 6.45) is 0.970. The van der Waals surface area contributed by atoms with Crippen molar-refractivity contribution in [1.82, 2.24) is 15.1 Å². The van der Waals surface area contributed by atoms with Gasteiger partial charge in [0.15, 0.2) is 0 Å². The van der Waals surface area contributed by atoms with Crippen LogP contribution in [0, 0.1) is 0 Å². The molecule has 4 nitrogen and oxygen atoms in total. The molecule has 1 aromatic rings. The zero-order valence-corrected chi connectivity index (χ0v) is 11.5. The molecule has 0 aliphatic carbocycles. The molecule has 2 amide bonds. The molecule has 0 bridgehead atoms. The lowest BCUT2D eigenvalue weighted by Gasteiger charge is -2.18. The maximum atomic E-state index is 11.8. The molecule has 1 N–H and O–H groups in total. The van der Waals surface area contributed by atoms with Gasteiger partial charge in [-0.1, -0.05) is 30.3 Å². The van der Waals surface area contributed by atoms with E-state index in [1.807, 2.05) is 51.5 Å². The van der Waals surface area contributed by atoms with Crippen LogP contribution in [0.1, 0.15) is 12.0 Å². The summed E-state index contributed by atoms with van der Waals surface area (Å²) in [7, 11) is 5.88. The van der Waals surface area contributed by atoms with Crippen molar-refractivity contribution in [2.75, 3.05) is 34.2 Å². The standard InChI is InChI=1S/C14H23N3O/c1-16(2)11-7-10-15-14(18)17(3)12-13-8-5-4-6-9-13/h4-6,8-9H,7,10-12H2,1-3H3,(H,15,18). The molecule has 1 aromatic carbocycles. The van der Waals surface area contributed by atoms with Crippen LogP contribution in [0.15, 0.2) is 30.3 Å². The average molecular weight is 249 g/mol. The number of hydrogen-bond acceptors (Lipinski definition) is 2. The van der Waals surface area contributed by atoms with Crippen molar-refractivity contribution in [3.05, 3.63) is 35.9 Å². The highest BCUT2D eigenvalue weighted by molar-refractivity contribution is 5.73. The van der Waals surface area contributed by atoms with Gasteiger partial charge in [-0.25, -0.2) is 4.79 Å². The van der Waals surface area contributed by atoms with Gasteiger partial charge in [0, 0.05) is 20.1 Å². The van der Waals surface area contributed by atoms with Crippen LogP contribution < -0.4 is 5.32 Å². The molecule has 4 heteroatoms. The minimum atomic E-state index is -0.0161. The van der Waals surface area contributed by atoms with E-state index in [2.05, 4.69) is 10.2 Å². The first-order valence-electron chi connectivity index (χ1n) is 6.27. The molecule has 0 heterocycles. The fourth-order valence-corrected chi connectivity index (χ4v) is 1.65. The molecule has 0 radical (unpaired) electrons.